The fraction of sp³-hybridized carbons (Fsp3) is 0.241. The molecule has 179 valence electrons. The summed E-state index contributed by atoms with van der Waals surface area (Å²) in [5, 5.41) is 2.84. The molecule has 2 heterocycles. The largest absolute Gasteiger partial charge is 0.305 e. The van der Waals surface area contributed by atoms with Gasteiger partial charge in [-0.3, -0.25) is 0 Å². The van der Waals surface area contributed by atoms with E-state index in [1.54, 1.807) is 0 Å². The average molecular weight is 659 g/mol. The molecular weight excluding hydrogens is 625 g/mol. The van der Waals surface area contributed by atoms with Crippen LogP contribution in [0.4, 0.5) is 0 Å². The van der Waals surface area contributed by atoms with E-state index in [1.807, 2.05) is 48.7 Å². The van der Waals surface area contributed by atoms with Gasteiger partial charge in [0.25, 0.3) is 0 Å². The second-order valence-corrected chi connectivity index (χ2v) is 20.5. The summed E-state index contributed by atoms with van der Waals surface area (Å²) >= 11 is 0. The van der Waals surface area contributed by atoms with Gasteiger partial charge in [-0.25, -0.2) is 0 Å². The van der Waals surface area contributed by atoms with E-state index in [0.29, 0.717) is 0 Å². The first-order valence-electron chi connectivity index (χ1n) is 11.4. The molecule has 0 aliphatic rings. The molecule has 0 aliphatic heterocycles. The van der Waals surface area contributed by atoms with Crippen molar-refractivity contribution in [2.75, 3.05) is 0 Å². The molecule has 34 heavy (non-hydrogen) atoms. The maximum absolute atomic E-state index is 4.58. The van der Waals surface area contributed by atoms with Crippen molar-refractivity contribution >= 4 is 26.5 Å². The van der Waals surface area contributed by atoms with Crippen LogP contribution in [0.1, 0.15) is 5.56 Å². The van der Waals surface area contributed by atoms with Gasteiger partial charge < -0.3 is 9.97 Å². The van der Waals surface area contributed by atoms with E-state index >= 15 is 0 Å². The van der Waals surface area contributed by atoms with Crippen LogP contribution in [0.15, 0.2) is 79.1 Å². The number of aromatic nitrogens is 2. The number of hydrogen-bond donors (Lipinski definition) is 0. The van der Waals surface area contributed by atoms with Crippen molar-refractivity contribution in [3.63, 3.8) is 0 Å². The van der Waals surface area contributed by atoms with Gasteiger partial charge in [-0.1, -0.05) is 63.0 Å². The van der Waals surface area contributed by atoms with Crippen LogP contribution >= 0.6 is 0 Å². The van der Waals surface area contributed by atoms with Gasteiger partial charge in [-0.05, 0) is 28.7 Å². The Morgan fingerprint density at radius 3 is 1.62 bits per heavy atom. The smallest absolute Gasteiger partial charge is 0.0798 e. The van der Waals surface area contributed by atoms with E-state index in [9.17, 15) is 0 Å². The van der Waals surface area contributed by atoms with E-state index in [1.165, 1.54) is 15.9 Å². The Balaban J connectivity index is 0.000000234. The minimum absolute atomic E-state index is 0. The molecule has 4 aromatic rings. The second-order valence-electron chi connectivity index (χ2n) is 10.4. The summed E-state index contributed by atoms with van der Waals surface area (Å²) in [6.07, 6.45) is 4.07. The Bertz CT molecular complexity index is 1160. The van der Waals surface area contributed by atoms with Crippen LogP contribution in [0.3, 0.4) is 0 Å². The molecule has 0 saturated carbocycles. The molecule has 0 N–H and O–H groups in total. The summed E-state index contributed by atoms with van der Waals surface area (Å²) in [7, 11) is -2.50. The molecular formula is C29H34IrN2Si2-2. The van der Waals surface area contributed by atoms with Gasteiger partial charge >= 0.3 is 0 Å². The standard InChI is InChI=1S/C15H18NSi.C14H16NSi.Ir/c1-12-10-14(13-8-6-5-7-9-13)16-11-15(12)17(2,3)4;1-16(2,3)13-9-10-14(15-11-13)12-7-5-4-6-8-12;/h5-8,10-11H,1-4H3;4-7,9-11H,1-3H3;/q2*-1;. The third-order valence-electron chi connectivity index (χ3n) is 5.52. The van der Waals surface area contributed by atoms with Gasteiger partial charge in [0.15, 0.2) is 0 Å². The molecule has 0 spiro atoms. The van der Waals surface area contributed by atoms with Crippen molar-refractivity contribution in [1.82, 2.24) is 9.97 Å². The molecule has 2 aromatic carbocycles. The summed E-state index contributed by atoms with van der Waals surface area (Å²) in [6.45, 7) is 16.2. The number of benzene rings is 2. The summed E-state index contributed by atoms with van der Waals surface area (Å²) < 4.78 is 0. The minimum atomic E-state index is -1.27. The van der Waals surface area contributed by atoms with Gasteiger partial charge in [0.2, 0.25) is 0 Å². The Labute approximate surface area is 221 Å². The van der Waals surface area contributed by atoms with Gasteiger partial charge in [0, 0.05) is 32.5 Å². The fourth-order valence-corrected chi connectivity index (χ4v) is 6.33. The van der Waals surface area contributed by atoms with Crippen LogP contribution in [-0.4, -0.2) is 26.1 Å². The Kier molecular flexibility index (Phi) is 9.89. The maximum Gasteiger partial charge on any atom is 0.0798 e. The van der Waals surface area contributed by atoms with E-state index in [0.717, 1.165) is 22.5 Å². The van der Waals surface area contributed by atoms with Crippen molar-refractivity contribution in [2.24, 2.45) is 0 Å². The molecule has 1 radical (unpaired) electrons. The maximum atomic E-state index is 4.58. The zero-order valence-corrected chi connectivity index (χ0v) is 25.6. The van der Waals surface area contributed by atoms with E-state index in [-0.39, 0.29) is 20.1 Å². The summed E-state index contributed by atoms with van der Waals surface area (Å²) in [4.78, 5) is 9.10. The molecule has 2 nitrogen and oxygen atoms in total. The zero-order chi connectivity index (χ0) is 24.1. The predicted octanol–water partition coefficient (Wildman–Crippen LogP) is 6.49. The van der Waals surface area contributed by atoms with Crippen molar-refractivity contribution in [1.29, 1.82) is 0 Å². The normalized spacial score (nSPS) is 11.1. The van der Waals surface area contributed by atoms with Crippen LogP contribution < -0.4 is 10.4 Å². The van der Waals surface area contributed by atoms with E-state index < -0.39 is 16.1 Å². The molecule has 5 heteroatoms. The first-order chi connectivity index (χ1) is 15.6. The number of pyridine rings is 2. The third kappa shape index (κ3) is 7.67. The third-order valence-corrected chi connectivity index (χ3v) is 9.69. The van der Waals surface area contributed by atoms with Gasteiger partial charge in [-0.15, -0.1) is 71.8 Å². The van der Waals surface area contributed by atoms with Crippen LogP contribution in [0.25, 0.3) is 22.5 Å². The average Bonchev–Trinajstić information content (AvgIpc) is 2.79. The molecule has 2 aromatic heterocycles. The minimum Gasteiger partial charge on any atom is -0.305 e. The first kappa shape index (κ1) is 28.1. The number of aryl methyl sites for hydroxylation is 1. The van der Waals surface area contributed by atoms with Crippen molar-refractivity contribution in [3.05, 3.63) is 96.8 Å². The molecule has 0 aliphatic carbocycles. The molecule has 0 bridgehead atoms. The summed E-state index contributed by atoms with van der Waals surface area (Å²) in [6, 6.07) is 28.8. The molecule has 0 unspecified atom stereocenters. The number of hydrogen-bond acceptors (Lipinski definition) is 2. The summed E-state index contributed by atoms with van der Waals surface area (Å²) in [5.41, 5.74) is 5.50. The van der Waals surface area contributed by atoms with Gasteiger partial charge in [0.1, 0.15) is 0 Å². The van der Waals surface area contributed by atoms with Crippen LogP contribution in [-0.2, 0) is 20.1 Å². The predicted molar refractivity (Wildman–Crippen MR) is 148 cm³/mol. The summed E-state index contributed by atoms with van der Waals surface area (Å²) in [5.74, 6) is 0. The van der Waals surface area contributed by atoms with Crippen LogP contribution in [0.5, 0.6) is 0 Å². The quantitative estimate of drug-likeness (QED) is 0.185. The fourth-order valence-electron chi connectivity index (χ4n) is 3.59. The second kappa shape index (κ2) is 12.0. The topological polar surface area (TPSA) is 25.8 Å². The van der Waals surface area contributed by atoms with Crippen molar-refractivity contribution in [3.8, 4) is 22.5 Å². The van der Waals surface area contributed by atoms with E-state index in [4.69, 9.17) is 0 Å². The molecule has 0 saturated heterocycles. The van der Waals surface area contributed by atoms with Crippen LogP contribution in [0, 0.1) is 19.1 Å². The number of nitrogens with zero attached hydrogens (tertiary/aromatic N) is 2. The van der Waals surface area contributed by atoms with Crippen molar-refractivity contribution in [2.45, 2.75) is 46.2 Å². The van der Waals surface area contributed by atoms with Crippen LogP contribution in [0.2, 0.25) is 39.3 Å². The first-order valence-corrected chi connectivity index (χ1v) is 18.4. The van der Waals surface area contributed by atoms with E-state index in [2.05, 4.69) is 98.8 Å². The monoisotopic (exact) mass is 659 g/mol. The molecule has 0 amide bonds. The Morgan fingerprint density at radius 2 is 1.21 bits per heavy atom. The Morgan fingerprint density at radius 1 is 0.647 bits per heavy atom. The van der Waals surface area contributed by atoms with Gasteiger partial charge in [-0.2, -0.15) is 0 Å². The SMILES string of the molecule is C[Si](C)(C)c1ccc(-c2[c-]cccc2)nc1.Cc1cc(-c2[c-]cccc2)ncc1[Si](C)(C)C.[Ir]. The van der Waals surface area contributed by atoms with Crippen molar-refractivity contribution < 1.29 is 20.1 Å². The molecule has 0 fully saturated rings. The number of rotatable bonds is 4. The Hall–Kier alpha value is -2.18. The zero-order valence-electron chi connectivity index (χ0n) is 21.2. The van der Waals surface area contributed by atoms with Gasteiger partial charge in [0.05, 0.1) is 16.1 Å². The molecule has 4 rings (SSSR count). The molecule has 0 atom stereocenters.